The maximum Gasteiger partial charge on any atom is 0.407 e. The summed E-state index contributed by atoms with van der Waals surface area (Å²) >= 11 is 0. The molecule has 2 amide bonds. The van der Waals surface area contributed by atoms with Crippen molar-refractivity contribution in [3.05, 3.63) is 18.1 Å². The number of hydrogen-bond acceptors (Lipinski definition) is 6. The lowest BCUT2D eigenvalue weighted by Crippen LogP contribution is -2.47. The van der Waals surface area contributed by atoms with E-state index in [4.69, 9.17) is 4.74 Å². The molecule has 3 fully saturated rings. The van der Waals surface area contributed by atoms with E-state index in [1.807, 2.05) is 4.90 Å². The van der Waals surface area contributed by atoms with Gasteiger partial charge in [0.25, 0.3) is 5.91 Å². The number of nitrogens with one attached hydrogen (secondary N) is 1. The number of amides is 2. The van der Waals surface area contributed by atoms with E-state index in [1.165, 1.54) is 6.20 Å². The summed E-state index contributed by atoms with van der Waals surface area (Å²) in [4.78, 5) is 36.4. The number of alkyl carbamates (subject to hydrolysis) is 1. The number of nitrogens with zero attached hydrogens (tertiary/aromatic N) is 4. The van der Waals surface area contributed by atoms with Crippen LogP contribution in [0.3, 0.4) is 0 Å². The van der Waals surface area contributed by atoms with Crippen molar-refractivity contribution in [2.24, 2.45) is 0 Å². The Hall–Kier alpha value is -2.38. The van der Waals surface area contributed by atoms with Crippen LogP contribution in [0, 0.1) is 0 Å². The predicted octanol–water partition coefficient (Wildman–Crippen LogP) is 0.791. The Morgan fingerprint density at radius 1 is 1.17 bits per heavy atom. The number of likely N-dealkylation sites (tertiary alicyclic amines) is 1. The highest BCUT2D eigenvalue weighted by Crippen LogP contribution is 2.30. The first-order valence-corrected chi connectivity index (χ1v) is 8.48. The van der Waals surface area contributed by atoms with Crippen LogP contribution in [-0.4, -0.2) is 65.2 Å². The number of carbonyl (C=O) groups excluding carboxylic acids is 2. The van der Waals surface area contributed by atoms with E-state index in [1.54, 1.807) is 6.20 Å². The smallest absolute Gasteiger partial charge is 0.407 e. The lowest BCUT2D eigenvalue weighted by molar-refractivity contribution is 0.0365. The van der Waals surface area contributed by atoms with Gasteiger partial charge in [0.1, 0.15) is 17.1 Å². The van der Waals surface area contributed by atoms with Crippen molar-refractivity contribution < 1.29 is 14.3 Å². The van der Waals surface area contributed by atoms with Crippen molar-refractivity contribution in [2.75, 3.05) is 37.6 Å². The molecule has 8 nitrogen and oxygen atoms in total. The quantitative estimate of drug-likeness (QED) is 0.862. The highest BCUT2D eigenvalue weighted by molar-refractivity contribution is 5.92. The second kappa shape index (κ2) is 5.92. The van der Waals surface area contributed by atoms with E-state index in [0.29, 0.717) is 18.1 Å². The third-order valence-corrected chi connectivity index (χ3v) is 5.10. The van der Waals surface area contributed by atoms with Crippen LogP contribution in [0.25, 0.3) is 0 Å². The van der Waals surface area contributed by atoms with E-state index in [9.17, 15) is 9.59 Å². The Morgan fingerprint density at radius 3 is 2.58 bits per heavy atom. The van der Waals surface area contributed by atoms with Gasteiger partial charge in [0, 0.05) is 39.0 Å². The van der Waals surface area contributed by atoms with E-state index in [2.05, 4.69) is 20.2 Å². The van der Waals surface area contributed by atoms with Gasteiger partial charge < -0.3 is 19.9 Å². The Bertz CT molecular complexity index is 651. The largest absolute Gasteiger partial charge is 0.441 e. The van der Waals surface area contributed by atoms with Gasteiger partial charge in [-0.25, -0.2) is 9.78 Å². The first kappa shape index (κ1) is 15.2. The number of piperidine rings is 1. The van der Waals surface area contributed by atoms with Crippen molar-refractivity contribution in [1.29, 1.82) is 0 Å². The minimum atomic E-state index is -0.385. The van der Waals surface area contributed by atoms with Gasteiger partial charge in [-0.05, 0) is 12.8 Å². The van der Waals surface area contributed by atoms with E-state index < -0.39 is 0 Å². The van der Waals surface area contributed by atoms with Crippen LogP contribution in [0.5, 0.6) is 0 Å². The average molecular weight is 331 g/mol. The average Bonchev–Trinajstić information content (AvgIpc) is 3.26. The number of aromatic nitrogens is 2. The summed E-state index contributed by atoms with van der Waals surface area (Å²) in [7, 11) is 0. The summed E-state index contributed by atoms with van der Waals surface area (Å²) in [6, 6.07) is 0. The molecule has 0 aromatic carbocycles. The summed E-state index contributed by atoms with van der Waals surface area (Å²) in [5.74, 6) is 0.677. The molecule has 0 unspecified atom stereocenters. The van der Waals surface area contributed by atoms with Crippen molar-refractivity contribution in [2.45, 2.75) is 31.3 Å². The molecule has 1 spiro atoms. The number of carbonyl (C=O) groups is 2. The third-order valence-electron chi connectivity index (χ3n) is 5.10. The third kappa shape index (κ3) is 2.76. The Labute approximate surface area is 140 Å². The monoisotopic (exact) mass is 331 g/mol. The SMILES string of the molecule is O=C1NCC2(CCN(c3cncc(C(=O)N4CCCC4)n3)CC2)O1. The fourth-order valence-corrected chi connectivity index (χ4v) is 3.62. The van der Waals surface area contributed by atoms with Gasteiger partial charge >= 0.3 is 6.09 Å². The van der Waals surface area contributed by atoms with Crippen molar-refractivity contribution in [3.63, 3.8) is 0 Å². The molecule has 3 aliphatic heterocycles. The fraction of sp³-hybridized carbons (Fsp3) is 0.625. The molecule has 3 aliphatic rings. The molecule has 0 saturated carbocycles. The van der Waals surface area contributed by atoms with Gasteiger partial charge in [-0.3, -0.25) is 9.78 Å². The Morgan fingerprint density at radius 2 is 1.92 bits per heavy atom. The van der Waals surface area contributed by atoms with Crippen molar-refractivity contribution >= 4 is 17.8 Å². The minimum Gasteiger partial charge on any atom is -0.441 e. The van der Waals surface area contributed by atoms with E-state index in [0.717, 1.165) is 51.9 Å². The molecule has 128 valence electrons. The molecule has 0 bridgehead atoms. The van der Waals surface area contributed by atoms with Crippen LogP contribution < -0.4 is 10.2 Å². The summed E-state index contributed by atoms with van der Waals surface area (Å²) in [5.41, 5.74) is 0.0212. The summed E-state index contributed by atoms with van der Waals surface area (Å²) in [6.45, 7) is 3.62. The highest BCUT2D eigenvalue weighted by atomic mass is 16.6. The van der Waals surface area contributed by atoms with Gasteiger partial charge in [-0.1, -0.05) is 0 Å². The first-order chi connectivity index (χ1) is 11.7. The molecule has 0 aliphatic carbocycles. The molecule has 1 aromatic heterocycles. The molecule has 4 rings (SSSR count). The van der Waals surface area contributed by atoms with Crippen LogP contribution in [0.4, 0.5) is 10.6 Å². The van der Waals surface area contributed by atoms with Gasteiger partial charge in [0.15, 0.2) is 0 Å². The standard InChI is InChI=1S/C16H21N5O3/c22-14(21-5-1-2-6-21)12-9-17-10-13(19-12)20-7-3-16(4-8-20)11-18-15(23)24-16/h9-10H,1-8,11H2,(H,18,23). The molecule has 4 heterocycles. The second-order valence-electron chi connectivity index (χ2n) is 6.67. The number of rotatable bonds is 2. The Kier molecular flexibility index (Phi) is 3.74. The molecule has 3 saturated heterocycles. The van der Waals surface area contributed by atoms with Crippen LogP contribution in [0.2, 0.25) is 0 Å². The van der Waals surface area contributed by atoms with E-state index in [-0.39, 0.29) is 17.6 Å². The maximum absolute atomic E-state index is 12.5. The number of anilines is 1. The molecule has 0 atom stereocenters. The van der Waals surface area contributed by atoms with Crippen LogP contribution in [0.15, 0.2) is 12.4 Å². The molecule has 24 heavy (non-hydrogen) atoms. The number of ether oxygens (including phenoxy) is 1. The molecule has 0 radical (unpaired) electrons. The molecule has 1 aromatic rings. The number of hydrogen-bond donors (Lipinski definition) is 1. The van der Waals surface area contributed by atoms with Crippen LogP contribution in [0.1, 0.15) is 36.2 Å². The first-order valence-electron chi connectivity index (χ1n) is 8.48. The minimum absolute atomic E-state index is 0.0377. The topological polar surface area (TPSA) is 87.7 Å². The van der Waals surface area contributed by atoms with Gasteiger partial charge in [-0.2, -0.15) is 0 Å². The predicted molar refractivity (Wildman–Crippen MR) is 85.8 cm³/mol. The van der Waals surface area contributed by atoms with Gasteiger partial charge in [0.05, 0.1) is 18.9 Å². The van der Waals surface area contributed by atoms with Crippen molar-refractivity contribution in [1.82, 2.24) is 20.2 Å². The van der Waals surface area contributed by atoms with Gasteiger partial charge in [-0.15, -0.1) is 0 Å². The second-order valence-corrected chi connectivity index (χ2v) is 6.67. The summed E-state index contributed by atoms with van der Waals surface area (Å²) in [5, 5.41) is 2.73. The lowest BCUT2D eigenvalue weighted by Gasteiger charge is -2.37. The molecular weight excluding hydrogens is 310 g/mol. The summed E-state index contributed by atoms with van der Waals surface area (Å²) in [6.07, 6.45) is 6.51. The maximum atomic E-state index is 12.5. The zero-order chi connectivity index (χ0) is 16.6. The zero-order valence-electron chi connectivity index (χ0n) is 13.5. The zero-order valence-corrected chi connectivity index (χ0v) is 13.5. The van der Waals surface area contributed by atoms with Crippen LogP contribution in [-0.2, 0) is 4.74 Å². The highest BCUT2D eigenvalue weighted by Gasteiger charge is 2.43. The Balaban J connectivity index is 1.44. The van der Waals surface area contributed by atoms with E-state index >= 15 is 0 Å². The molecular formula is C16H21N5O3. The molecule has 1 N–H and O–H groups in total. The van der Waals surface area contributed by atoms with Crippen molar-refractivity contribution in [3.8, 4) is 0 Å². The molecule has 8 heteroatoms. The lowest BCUT2D eigenvalue weighted by atomic mass is 9.92. The summed E-state index contributed by atoms with van der Waals surface area (Å²) < 4.78 is 5.43. The fourth-order valence-electron chi connectivity index (χ4n) is 3.62. The normalized spacial score (nSPS) is 22.6. The van der Waals surface area contributed by atoms with Gasteiger partial charge in [0.2, 0.25) is 0 Å². The van der Waals surface area contributed by atoms with Crippen LogP contribution >= 0.6 is 0 Å².